The lowest BCUT2D eigenvalue weighted by Gasteiger charge is -2.13. The molecule has 1 aromatic rings. The van der Waals surface area contributed by atoms with Crippen molar-refractivity contribution in [2.24, 2.45) is 5.73 Å². The molecule has 0 radical (unpaired) electrons. The Morgan fingerprint density at radius 3 is 2.33 bits per heavy atom. The second kappa shape index (κ2) is 4.18. The van der Waals surface area contributed by atoms with Gasteiger partial charge >= 0.3 is 6.18 Å². The summed E-state index contributed by atoms with van der Waals surface area (Å²) in [4.78, 5) is 0. The van der Waals surface area contributed by atoms with Crippen LogP contribution in [0.3, 0.4) is 0 Å². The summed E-state index contributed by atoms with van der Waals surface area (Å²) in [7, 11) is 0. The van der Waals surface area contributed by atoms with Gasteiger partial charge in [0, 0.05) is 0 Å². The topological polar surface area (TPSA) is 26.0 Å². The molecule has 15 heavy (non-hydrogen) atoms. The van der Waals surface area contributed by atoms with Gasteiger partial charge in [-0.1, -0.05) is 6.92 Å². The van der Waals surface area contributed by atoms with Crippen molar-refractivity contribution in [3.8, 4) is 0 Å². The third-order valence-corrected chi connectivity index (χ3v) is 2.17. The lowest BCUT2D eigenvalue weighted by Crippen LogP contribution is -2.12. The van der Waals surface area contributed by atoms with E-state index in [4.69, 9.17) is 5.73 Å². The van der Waals surface area contributed by atoms with Crippen LogP contribution < -0.4 is 5.73 Å². The van der Waals surface area contributed by atoms with Gasteiger partial charge in [0.05, 0.1) is 5.56 Å². The predicted octanol–water partition coefficient (Wildman–Crippen LogP) is 2.91. The van der Waals surface area contributed by atoms with Crippen LogP contribution in [0.4, 0.5) is 17.6 Å². The van der Waals surface area contributed by atoms with Crippen molar-refractivity contribution < 1.29 is 17.6 Å². The maximum absolute atomic E-state index is 12.9. The van der Waals surface area contributed by atoms with Crippen LogP contribution in [0.25, 0.3) is 0 Å². The van der Waals surface area contributed by atoms with Gasteiger partial charge in [-0.2, -0.15) is 13.2 Å². The van der Waals surface area contributed by atoms with E-state index in [0.29, 0.717) is 6.07 Å². The Bertz CT molecular complexity index is 346. The maximum atomic E-state index is 12.9. The predicted molar refractivity (Wildman–Crippen MR) is 48.9 cm³/mol. The summed E-state index contributed by atoms with van der Waals surface area (Å²) in [5.74, 6) is -1.18. The first-order chi connectivity index (χ1) is 6.84. The van der Waals surface area contributed by atoms with Gasteiger partial charge in [0.25, 0.3) is 0 Å². The zero-order chi connectivity index (χ0) is 11.6. The van der Waals surface area contributed by atoms with E-state index < -0.39 is 17.6 Å². The summed E-state index contributed by atoms with van der Waals surface area (Å²) >= 11 is 0. The second-order valence-electron chi connectivity index (χ2n) is 3.41. The molecule has 0 aliphatic carbocycles. The molecule has 0 aliphatic heterocycles. The van der Waals surface area contributed by atoms with Gasteiger partial charge in [0.15, 0.2) is 0 Å². The van der Waals surface area contributed by atoms with E-state index in [-0.39, 0.29) is 18.0 Å². The average Bonchev–Trinajstić information content (AvgIpc) is 2.14. The van der Waals surface area contributed by atoms with E-state index in [2.05, 4.69) is 0 Å². The molecule has 0 saturated carbocycles. The van der Waals surface area contributed by atoms with Crippen molar-refractivity contribution in [3.63, 3.8) is 0 Å². The lowest BCUT2D eigenvalue weighted by molar-refractivity contribution is -0.137. The van der Waals surface area contributed by atoms with Gasteiger partial charge in [-0.15, -0.1) is 0 Å². The Balaban J connectivity index is 3.17. The lowest BCUT2D eigenvalue weighted by atomic mass is 9.99. The van der Waals surface area contributed by atoms with Gasteiger partial charge in [-0.3, -0.25) is 0 Å². The molecule has 1 rings (SSSR count). The average molecular weight is 221 g/mol. The van der Waals surface area contributed by atoms with Crippen molar-refractivity contribution >= 4 is 0 Å². The Labute approximate surface area is 84.9 Å². The van der Waals surface area contributed by atoms with Crippen molar-refractivity contribution in [3.05, 3.63) is 35.1 Å². The van der Waals surface area contributed by atoms with Crippen LogP contribution in [0.5, 0.6) is 0 Å². The van der Waals surface area contributed by atoms with Crippen molar-refractivity contribution in [2.45, 2.75) is 19.0 Å². The number of benzene rings is 1. The van der Waals surface area contributed by atoms with Crippen molar-refractivity contribution in [1.29, 1.82) is 0 Å². The Hall–Kier alpha value is -1.10. The van der Waals surface area contributed by atoms with Gasteiger partial charge in [-0.25, -0.2) is 4.39 Å². The molecule has 2 N–H and O–H groups in total. The summed E-state index contributed by atoms with van der Waals surface area (Å²) in [6.07, 6.45) is -4.52. The molecule has 0 amide bonds. The first-order valence-electron chi connectivity index (χ1n) is 4.42. The van der Waals surface area contributed by atoms with E-state index in [9.17, 15) is 17.6 Å². The Morgan fingerprint density at radius 2 is 1.87 bits per heavy atom. The molecule has 0 bridgehead atoms. The summed E-state index contributed by atoms with van der Waals surface area (Å²) in [5, 5.41) is 0. The third kappa shape index (κ3) is 2.92. The van der Waals surface area contributed by atoms with Crippen molar-refractivity contribution in [1.82, 2.24) is 0 Å². The van der Waals surface area contributed by atoms with E-state index in [1.807, 2.05) is 0 Å². The monoisotopic (exact) mass is 221 g/mol. The summed E-state index contributed by atoms with van der Waals surface area (Å²) in [6.45, 7) is 1.83. The molecule has 5 heteroatoms. The zero-order valence-corrected chi connectivity index (χ0v) is 8.11. The van der Waals surface area contributed by atoms with Crippen LogP contribution in [0.1, 0.15) is 24.0 Å². The van der Waals surface area contributed by atoms with Crippen LogP contribution in [0.15, 0.2) is 18.2 Å². The van der Waals surface area contributed by atoms with Gasteiger partial charge < -0.3 is 5.73 Å². The standard InChI is InChI=1S/C10H11F4N/c1-6(5-15)7-2-8(10(12,13)14)4-9(11)3-7/h2-4,6H,5,15H2,1H3. The molecule has 84 valence electrons. The zero-order valence-electron chi connectivity index (χ0n) is 8.11. The highest BCUT2D eigenvalue weighted by atomic mass is 19.4. The maximum Gasteiger partial charge on any atom is 0.416 e. The molecular formula is C10H11F4N. The van der Waals surface area contributed by atoms with Gasteiger partial charge in [-0.05, 0) is 36.2 Å². The molecule has 0 heterocycles. The first-order valence-corrected chi connectivity index (χ1v) is 4.42. The molecule has 1 unspecified atom stereocenters. The highest BCUT2D eigenvalue weighted by Gasteiger charge is 2.31. The molecule has 0 aromatic heterocycles. The number of halogens is 4. The largest absolute Gasteiger partial charge is 0.416 e. The highest BCUT2D eigenvalue weighted by molar-refractivity contribution is 5.29. The minimum absolute atomic E-state index is 0.181. The minimum atomic E-state index is -4.52. The van der Waals surface area contributed by atoms with Crippen molar-refractivity contribution in [2.75, 3.05) is 6.54 Å². The minimum Gasteiger partial charge on any atom is -0.330 e. The smallest absolute Gasteiger partial charge is 0.330 e. The molecule has 1 nitrogen and oxygen atoms in total. The summed E-state index contributed by atoms with van der Waals surface area (Å²) in [6, 6.07) is 2.49. The molecule has 0 saturated heterocycles. The Morgan fingerprint density at radius 1 is 1.27 bits per heavy atom. The highest BCUT2D eigenvalue weighted by Crippen LogP contribution is 2.31. The number of hydrogen-bond acceptors (Lipinski definition) is 1. The fourth-order valence-electron chi connectivity index (χ4n) is 1.20. The van der Waals surface area contributed by atoms with E-state index >= 15 is 0 Å². The molecule has 0 aliphatic rings. The summed E-state index contributed by atoms with van der Waals surface area (Å²) < 4.78 is 49.9. The molecule has 0 spiro atoms. The molecule has 1 aromatic carbocycles. The molecule has 0 fully saturated rings. The fraction of sp³-hybridized carbons (Fsp3) is 0.400. The van der Waals surface area contributed by atoms with Crippen LogP contribution in [0.2, 0.25) is 0 Å². The normalized spacial score (nSPS) is 14.0. The van der Waals surface area contributed by atoms with Crippen LogP contribution >= 0.6 is 0 Å². The third-order valence-electron chi connectivity index (χ3n) is 2.17. The van der Waals surface area contributed by atoms with E-state index in [0.717, 1.165) is 12.1 Å². The first kappa shape index (κ1) is 12.0. The fourth-order valence-corrected chi connectivity index (χ4v) is 1.20. The molecule has 1 atom stereocenters. The molecular weight excluding hydrogens is 210 g/mol. The number of alkyl halides is 3. The Kier molecular flexibility index (Phi) is 3.34. The van der Waals surface area contributed by atoms with Gasteiger partial charge in [0.2, 0.25) is 0 Å². The van der Waals surface area contributed by atoms with Crippen LogP contribution in [0, 0.1) is 5.82 Å². The van der Waals surface area contributed by atoms with E-state index in [1.165, 1.54) is 0 Å². The quantitative estimate of drug-likeness (QED) is 0.763. The number of nitrogens with two attached hydrogens (primary N) is 1. The van der Waals surface area contributed by atoms with Crippen LogP contribution in [-0.2, 0) is 6.18 Å². The number of hydrogen-bond donors (Lipinski definition) is 1. The summed E-state index contributed by atoms with van der Waals surface area (Å²) in [5.41, 5.74) is 4.60. The van der Waals surface area contributed by atoms with E-state index in [1.54, 1.807) is 6.92 Å². The second-order valence-corrected chi connectivity index (χ2v) is 3.41. The van der Waals surface area contributed by atoms with Crippen LogP contribution in [-0.4, -0.2) is 6.54 Å². The SMILES string of the molecule is CC(CN)c1cc(F)cc(C(F)(F)F)c1. The van der Waals surface area contributed by atoms with Gasteiger partial charge in [0.1, 0.15) is 5.82 Å². The number of rotatable bonds is 2.